The summed E-state index contributed by atoms with van der Waals surface area (Å²) in [5.74, 6) is -2.32. The maximum atomic E-state index is 12.2. The van der Waals surface area contributed by atoms with Gasteiger partial charge >= 0.3 is 5.95 Å². The number of nitrogens with zero attached hydrogens (tertiary/aromatic N) is 2. The van der Waals surface area contributed by atoms with Crippen LogP contribution in [0.1, 0.15) is 38.8 Å². The first-order valence-electron chi connectivity index (χ1n) is 6.87. The fourth-order valence-electron chi connectivity index (χ4n) is 1.76. The van der Waals surface area contributed by atoms with E-state index in [9.17, 15) is 19.7 Å². The predicted octanol–water partition coefficient (Wildman–Crippen LogP) is 1.64. The normalized spacial score (nSPS) is 12.7. The predicted molar refractivity (Wildman–Crippen MR) is 85.2 cm³/mol. The van der Waals surface area contributed by atoms with Crippen molar-refractivity contribution in [2.75, 3.05) is 11.9 Å². The number of carbonyl (C=O) groups is 2. The average molecular weight is 391 g/mol. The van der Waals surface area contributed by atoms with E-state index >= 15 is 0 Å². The van der Waals surface area contributed by atoms with Crippen molar-refractivity contribution < 1.29 is 19.2 Å². The molecular formula is C13H19BrN4O5. The largest absolute Gasteiger partial charge is 0.432 e. The Hall–Kier alpha value is -1.81. The quantitative estimate of drug-likeness (QED) is 0.413. The monoisotopic (exact) mass is 390 g/mol. The van der Waals surface area contributed by atoms with Gasteiger partial charge in [-0.25, -0.2) is 4.98 Å². The summed E-state index contributed by atoms with van der Waals surface area (Å²) in [7, 11) is 0. The van der Waals surface area contributed by atoms with Crippen LogP contribution in [0.2, 0.25) is 0 Å². The molecule has 1 heterocycles. The number of nitrogens with one attached hydrogen (secondary N) is 2. The van der Waals surface area contributed by atoms with Crippen LogP contribution >= 0.6 is 15.9 Å². The third-order valence-electron chi connectivity index (χ3n) is 2.77. The number of imide groups is 1. The Balaban J connectivity index is 2.88. The second-order valence-electron chi connectivity index (χ2n) is 5.77. The molecule has 128 valence electrons. The van der Waals surface area contributed by atoms with Gasteiger partial charge in [0.1, 0.15) is 11.9 Å². The standard InChI is InChI=1S/C13H19BrN4O5/c1-13(2,3)23-5-4-8(11(20)17-10(19)6-14)9-7-15-12(16-9)18(21)22/h7-8H,4-6H2,1-3H3,(H,15,16)(H,17,19,20). The van der Waals surface area contributed by atoms with Crippen LogP contribution in [0.3, 0.4) is 0 Å². The Morgan fingerprint density at radius 1 is 1.52 bits per heavy atom. The highest BCUT2D eigenvalue weighted by atomic mass is 79.9. The molecule has 0 saturated carbocycles. The molecule has 0 fully saturated rings. The van der Waals surface area contributed by atoms with Crippen molar-refractivity contribution >= 4 is 33.7 Å². The van der Waals surface area contributed by atoms with Crippen LogP contribution in [0.25, 0.3) is 0 Å². The Morgan fingerprint density at radius 3 is 2.65 bits per heavy atom. The molecule has 1 atom stereocenters. The third kappa shape index (κ3) is 6.45. The van der Waals surface area contributed by atoms with Gasteiger partial charge in [0.15, 0.2) is 0 Å². The van der Waals surface area contributed by atoms with Crippen molar-refractivity contribution in [2.24, 2.45) is 0 Å². The van der Waals surface area contributed by atoms with Gasteiger partial charge in [-0.1, -0.05) is 20.9 Å². The summed E-state index contributed by atoms with van der Waals surface area (Å²) in [6.45, 7) is 5.86. The molecule has 0 aliphatic heterocycles. The summed E-state index contributed by atoms with van der Waals surface area (Å²) in [5.41, 5.74) is -0.124. The molecular weight excluding hydrogens is 372 g/mol. The van der Waals surface area contributed by atoms with E-state index in [1.165, 1.54) is 6.20 Å². The Morgan fingerprint density at radius 2 is 2.17 bits per heavy atom. The molecule has 0 aliphatic carbocycles. The zero-order chi connectivity index (χ0) is 17.6. The van der Waals surface area contributed by atoms with Crippen molar-refractivity contribution in [1.82, 2.24) is 15.3 Å². The van der Waals surface area contributed by atoms with Gasteiger partial charge in [-0.05, 0) is 32.1 Å². The molecule has 0 radical (unpaired) electrons. The molecule has 10 heteroatoms. The molecule has 1 rings (SSSR count). The van der Waals surface area contributed by atoms with Crippen molar-refractivity contribution in [3.05, 3.63) is 22.0 Å². The number of hydrogen-bond acceptors (Lipinski definition) is 6. The number of H-pyrrole nitrogens is 1. The van der Waals surface area contributed by atoms with Gasteiger partial charge in [0.25, 0.3) is 0 Å². The summed E-state index contributed by atoms with van der Waals surface area (Å²) in [5, 5.41) is 12.9. The van der Waals surface area contributed by atoms with E-state index < -0.39 is 28.6 Å². The maximum absolute atomic E-state index is 12.2. The first kappa shape index (κ1) is 19.2. The minimum Gasteiger partial charge on any atom is -0.390 e. The Bertz CT molecular complexity index is 581. The summed E-state index contributed by atoms with van der Waals surface area (Å²) < 4.78 is 5.57. The van der Waals surface area contributed by atoms with E-state index in [1.807, 2.05) is 20.8 Å². The zero-order valence-electron chi connectivity index (χ0n) is 13.1. The highest BCUT2D eigenvalue weighted by Gasteiger charge is 2.28. The van der Waals surface area contributed by atoms with Gasteiger partial charge in [-0.15, -0.1) is 0 Å². The number of amides is 2. The first-order chi connectivity index (χ1) is 10.6. The van der Waals surface area contributed by atoms with Crippen LogP contribution < -0.4 is 5.32 Å². The van der Waals surface area contributed by atoms with E-state index in [1.54, 1.807) is 0 Å². The van der Waals surface area contributed by atoms with Crippen LogP contribution in [0, 0.1) is 10.1 Å². The summed E-state index contributed by atoms with van der Waals surface area (Å²) >= 11 is 2.95. The van der Waals surface area contributed by atoms with E-state index in [0.29, 0.717) is 0 Å². The maximum Gasteiger partial charge on any atom is 0.432 e. The van der Waals surface area contributed by atoms with E-state index in [2.05, 4.69) is 31.2 Å². The second-order valence-corrected chi connectivity index (χ2v) is 6.33. The lowest BCUT2D eigenvalue weighted by atomic mass is 10.0. The molecule has 0 aromatic carbocycles. The molecule has 0 aliphatic rings. The van der Waals surface area contributed by atoms with Gasteiger partial charge in [-0.2, -0.15) is 0 Å². The second kappa shape index (κ2) is 8.16. The van der Waals surface area contributed by atoms with Crippen molar-refractivity contribution in [1.29, 1.82) is 0 Å². The molecule has 1 unspecified atom stereocenters. The lowest BCUT2D eigenvalue weighted by molar-refractivity contribution is -0.393. The minimum atomic E-state index is -0.804. The Labute approximate surface area is 141 Å². The number of nitro groups is 1. The summed E-state index contributed by atoms with van der Waals surface area (Å²) in [6.07, 6.45) is 1.47. The molecule has 23 heavy (non-hydrogen) atoms. The third-order valence-corrected chi connectivity index (χ3v) is 3.28. The number of aromatic amines is 1. The fraction of sp³-hybridized carbons (Fsp3) is 0.615. The van der Waals surface area contributed by atoms with Gasteiger partial charge in [0.05, 0.1) is 16.8 Å². The van der Waals surface area contributed by atoms with Gasteiger partial charge in [0.2, 0.25) is 11.8 Å². The molecule has 1 aromatic heterocycles. The summed E-state index contributed by atoms with van der Waals surface area (Å²) in [6, 6.07) is 0. The smallest absolute Gasteiger partial charge is 0.390 e. The first-order valence-corrected chi connectivity index (χ1v) is 7.99. The number of imidazole rings is 1. The molecule has 0 bridgehead atoms. The van der Waals surface area contributed by atoms with E-state index in [-0.39, 0.29) is 29.7 Å². The van der Waals surface area contributed by atoms with E-state index in [4.69, 9.17) is 4.74 Å². The number of alkyl halides is 1. The van der Waals surface area contributed by atoms with Gasteiger partial charge in [0, 0.05) is 6.61 Å². The highest BCUT2D eigenvalue weighted by Crippen LogP contribution is 2.21. The van der Waals surface area contributed by atoms with Crippen LogP contribution in [0.5, 0.6) is 0 Å². The topological polar surface area (TPSA) is 127 Å². The summed E-state index contributed by atoms with van der Waals surface area (Å²) in [4.78, 5) is 39.7. The van der Waals surface area contributed by atoms with E-state index in [0.717, 1.165) is 0 Å². The van der Waals surface area contributed by atoms with Crippen LogP contribution in [-0.2, 0) is 14.3 Å². The number of carbonyl (C=O) groups excluding carboxylic acids is 2. The Kier molecular flexibility index (Phi) is 6.82. The van der Waals surface area contributed by atoms with Gasteiger partial charge < -0.3 is 14.9 Å². The molecule has 0 spiro atoms. The average Bonchev–Trinajstić information content (AvgIpc) is 2.91. The lowest BCUT2D eigenvalue weighted by Gasteiger charge is -2.21. The highest BCUT2D eigenvalue weighted by molar-refractivity contribution is 9.09. The zero-order valence-corrected chi connectivity index (χ0v) is 14.7. The number of halogens is 1. The molecule has 1 aromatic rings. The molecule has 2 amide bonds. The molecule has 0 saturated heterocycles. The fourth-order valence-corrected chi connectivity index (χ4v) is 1.90. The number of rotatable bonds is 7. The van der Waals surface area contributed by atoms with Crippen LogP contribution in [-0.4, -0.2) is 44.2 Å². The van der Waals surface area contributed by atoms with Crippen molar-refractivity contribution in [3.63, 3.8) is 0 Å². The SMILES string of the molecule is CC(C)(C)OCCC(C(=O)NC(=O)CBr)c1cnc([N+](=O)[O-])[nH]1. The molecule has 2 N–H and O–H groups in total. The van der Waals surface area contributed by atoms with Crippen molar-refractivity contribution in [3.8, 4) is 0 Å². The minimum absolute atomic E-state index is 0.0208. The lowest BCUT2D eigenvalue weighted by Crippen LogP contribution is -2.36. The molecule has 9 nitrogen and oxygen atoms in total. The number of aromatic nitrogens is 2. The van der Waals surface area contributed by atoms with Crippen LogP contribution in [0.15, 0.2) is 6.20 Å². The number of hydrogen-bond donors (Lipinski definition) is 2. The van der Waals surface area contributed by atoms with Gasteiger partial charge in [-0.3, -0.25) is 14.9 Å². The van der Waals surface area contributed by atoms with Crippen LogP contribution in [0.4, 0.5) is 5.95 Å². The van der Waals surface area contributed by atoms with Crippen molar-refractivity contribution in [2.45, 2.75) is 38.7 Å². The number of ether oxygens (including phenoxy) is 1.